The summed E-state index contributed by atoms with van der Waals surface area (Å²) in [6.07, 6.45) is 0. The fourth-order valence-corrected chi connectivity index (χ4v) is 1.87. The van der Waals surface area contributed by atoms with E-state index in [0.29, 0.717) is 28.4 Å². The Bertz CT molecular complexity index is 780. The predicted molar refractivity (Wildman–Crippen MR) is 68.4 cm³/mol. The zero-order chi connectivity index (χ0) is 13.6. The van der Waals surface area contributed by atoms with Crippen LogP contribution >= 0.6 is 0 Å². The lowest BCUT2D eigenvalue weighted by Crippen LogP contribution is -1.91. The molecular weight excluding hydrogens is 250 g/mol. The molecule has 0 aliphatic heterocycles. The number of fused-ring (bicyclic) bond motifs is 1. The molecule has 3 rings (SSSR count). The molecule has 2 aromatic heterocycles. The molecular formula is C13H10F2N4. The number of hydrogen-bond donors (Lipinski definition) is 2. The molecule has 0 amide bonds. The first kappa shape index (κ1) is 11.6. The quantitative estimate of drug-likeness (QED) is 0.707. The Hall–Kier alpha value is -2.50. The third-order valence-corrected chi connectivity index (χ3v) is 2.87. The number of nitrogens with one attached hydrogen (secondary N) is 1. The molecule has 0 radical (unpaired) electrons. The van der Waals surface area contributed by atoms with Gasteiger partial charge in [-0.15, -0.1) is 0 Å². The van der Waals surface area contributed by atoms with Crippen LogP contribution in [0.2, 0.25) is 0 Å². The first-order valence-electron chi connectivity index (χ1n) is 5.63. The largest absolute Gasteiger partial charge is 0.384 e. The summed E-state index contributed by atoms with van der Waals surface area (Å²) < 4.78 is 27.0. The van der Waals surface area contributed by atoms with Crippen molar-refractivity contribution in [3.63, 3.8) is 0 Å². The van der Waals surface area contributed by atoms with Crippen LogP contribution in [0.25, 0.3) is 22.6 Å². The van der Waals surface area contributed by atoms with Crippen molar-refractivity contribution < 1.29 is 8.78 Å². The van der Waals surface area contributed by atoms with Gasteiger partial charge in [-0.1, -0.05) is 0 Å². The van der Waals surface area contributed by atoms with Crippen molar-refractivity contribution >= 4 is 17.0 Å². The molecule has 0 atom stereocenters. The number of rotatable bonds is 1. The molecule has 0 aliphatic carbocycles. The smallest absolute Gasteiger partial charge is 0.180 e. The zero-order valence-corrected chi connectivity index (χ0v) is 10.0. The van der Waals surface area contributed by atoms with Crippen LogP contribution in [0, 0.1) is 18.6 Å². The van der Waals surface area contributed by atoms with E-state index < -0.39 is 11.6 Å². The predicted octanol–water partition coefficient (Wildman–Crippen LogP) is 2.79. The van der Waals surface area contributed by atoms with Gasteiger partial charge in [0, 0.05) is 6.07 Å². The van der Waals surface area contributed by atoms with Crippen LogP contribution in [0.5, 0.6) is 0 Å². The van der Waals surface area contributed by atoms with Gasteiger partial charge in [-0.05, 0) is 30.7 Å². The van der Waals surface area contributed by atoms with Gasteiger partial charge in [-0.3, -0.25) is 0 Å². The molecule has 0 bridgehead atoms. The maximum atomic E-state index is 13.8. The second-order valence-electron chi connectivity index (χ2n) is 4.27. The maximum Gasteiger partial charge on any atom is 0.180 e. The van der Waals surface area contributed by atoms with E-state index >= 15 is 0 Å². The van der Waals surface area contributed by atoms with Crippen molar-refractivity contribution in [2.24, 2.45) is 0 Å². The van der Waals surface area contributed by atoms with E-state index in [9.17, 15) is 8.78 Å². The van der Waals surface area contributed by atoms with E-state index in [4.69, 9.17) is 5.73 Å². The first-order chi connectivity index (χ1) is 9.04. The molecule has 0 saturated heterocycles. The zero-order valence-electron chi connectivity index (χ0n) is 10.0. The van der Waals surface area contributed by atoms with Crippen LogP contribution < -0.4 is 5.73 Å². The van der Waals surface area contributed by atoms with Gasteiger partial charge in [0.25, 0.3) is 0 Å². The highest BCUT2D eigenvalue weighted by Gasteiger charge is 2.13. The lowest BCUT2D eigenvalue weighted by Gasteiger charge is -2.02. The summed E-state index contributed by atoms with van der Waals surface area (Å²) in [5.74, 6) is -0.620. The summed E-state index contributed by atoms with van der Waals surface area (Å²) in [6.45, 7) is 1.57. The number of aryl methyl sites for hydroxylation is 1. The van der Waals surface area contributed by atoms with Crippen molar-refractivity contribution in [1.29, 1.82) is 0 Å². The lowest BCUT2D eigenvalue weighted by atomic mass is 10.1. The first-order valence-corrected chi connectivity index (χ1v) is 5.63. The second kappa shape index (κ2) is 4.01. The molecule has 19 heavy (non-hydrogen) atoms. The van der Waals surface area contributed by atoms with Crippen LogP contribution in [-0.2, 0) is 0 Å². The molecule has 4 nitrogen and oxygen atoms in total. The number of aromatic nitrogens is 3. The monoisotopic (exact) mass is 260 g/mol. The van der Waals surface area contributed by atoms with Crippen molar-refractivity contribution in [3.8, 4) is 11.4 Å². The van der Waals surface area contributed by atoms with Crippen molar-refractivity contribution in [3.05, 3.63) is 41.5 Å². The Labute approximate surface area is 107 Å². The highest BCUT2D eigenvalue weighted by atomic mass is 19.1. The topological polar surface area (TPSA) is 67.6 Å². The molecule has 0 unspecified atom stereocenters. The van der Waals surface area contributed by atoms with Crippen molar-refractivity contribution in [1.82, 2.24) is 15.0 Å². The van der Waals surface area contributed by atoms with Gasteiger partial charge in [0.05, 0.1) is 11.1 Å². The van der Waals surface area contributed by atoms with Crippen LogP contribution in [-0.4, -0.2) is 15.0 Å². The lowest BCUT2D eigenvalue weighted by molar-refractivity contribution is 0.579. The summed E-state index contributed by atoms with van der Waals surface area (Å²) in [5.41, 5.74) is 7.16. The van der Waals surface area contributed by atoms with E-state index in [0.717, 1.165) is 6.07 Å². The fraction of sp³-hybridized carbons (Fsp3) is 0.0769. The number of anilines is 1. The normalized spacial score (nSPS) is 11.1. The number of nitrogens with two attached hydrogens (primary N) is 1. The summed E-state index contributed by atoms with van der Waals surface area (Å²) in [7, 11) is 0. The third kappa shape index (κ3) is 1.91. The number of nitrogen functional groups attached to an aromatic ring is 1. The van der Waals surface area contributed by atoms with Gasteiger partial charge in [-0.25, -0.2) is 18.7 Å². The number of aromatic amines is 1. The molecule has 0 saturated carbocycles. The number of hydrogen-bond acceptors (Lipinski definition) is 3. The van der Waals surface area contributed by atoms with Crippen molar-refractivity contribution in [2.75, 3.05) is 5.73 Å². The SMILES string of the molecule is Cc1cc(-c2nc3nc(N)ccc3[nH]2)c(F)cc1F. The van der Waals surface area contributed by atoms with E-state index in [2.05, 4.69) is 15.0 Å². The second-order valence-corrected chi connectivity index (χ2v) is 4.27. The Morgan fingerprint density at radius 1 is 1.11 bits per heavy atom. The van der Waals surface area contributed by atoms with Gasteiger partial charge in [-0.2, -0.15) is 0 Å². The number of nitrogens with zero attached hydrogens (tertiary/aromatic N) is 2. The van der Waals surface area contributed by atoms with Crippen LogP contribution in [0.3, 0.4) is 0 Å². The van der Waals surface area contributed by atoms with Gasteiger partial charge in [0.1, 0.15) is 23.3 Å². The minimum absolute atomic E-state index is 0.204. The van der Waals surface area contributed by atoms with E-state index in [1.165, 1.54) is 6.07 Å². The molecule has 3 N–H and O–H groups in total. The molecule has 6 heteroatoms. The molecule has 2 heterocycles. The highest BCUT2D eigenvalue weighted by molar-refractivity contribution is 5.77. The van der Waals surface area contributed by atoms with E-state index in [1.807, 2.05) is 0 Å². The van der Waals surface area contributed by atoms with Crippen LogP contribution in [0.4, 0.5) is 14.6 Å². The number of benzene rings is 1. The number of H-pyrrole nitrogens is 1. The third-order valence-electron chi connectivity index (χ3n) is 2.87. The molecule has 0 aliphatic rings. The highest BCUT2D eigenvalue weighted by Crippen LogP contribution is 2.25. The minimum atomic E-state index is -0.671. The van der Waals surface area contributed by atoms with E-state index in [1.54, 1.807) is 19.1 Å². The van der Waals surface area contributed by atoms with E-state index in [-0.39, 0.29) is 5.56 Å². The minimum Gasteiger partial charge on any atom is -0.384 e. The standard InChI is InChI=1S/C13H10F2N4/c1-6-4-7(9(15)5-8(6)14)12-17-10-2-3-11(16)18-13(10)19-12/h2-5H,1H3,(H3,16,17,18,19). The maximum absolute atomic E-state index is 13.8. The average Bonchev–Trinajstić information content (AvgIpc) is 2.76. The Balaban J connectivity index is 2.21. The summed E-state index contributed by atoms with van der Waals surface area (Å²) in [6, 6.07) is 5.59. The van der Waals surface area contributed by atoms with Gasteiger partial charge in [0.15, 0.2) is 5.65 Å². The van der Waals surface area contributed by atoms with Gasteiger partial charge in [0.2, 0.25) is 0 Å². The summed E-state index contributed by atoms with van der Waals surface area (Å²) in [4.78, 5) is 11.1. The molecule has 0 fully saturated rings. The fourth-order valence-electron chi connectivity index (χ4n) is 1.87. The van der Waals surface area contributed by atoms with Gasteiger partial charge >= 0.3 is 0 Å². The molecule has 0 spiro atoms. The molecule has 1 aromatic carbocycles. The summed E-state index contributed by atoms with van der Waals surface area (Å²) >= 11 is 0. The average molecular weight is 260 g/mol. The Morgan fingerprint density at radius 2 is 1.89 bits per heavy atom. The molecule has 3 aromatic rings. The number of imidazole rings is 1. The van der Waals surface area contributed by atoms with Crippen LogP contribution in [0.15, 0.2) is 24.3 Å². The Morgan fingerprint density at radius 3 is 2.68 bits per heavy atom. The number of pyridine rings is 1. The summed E-state index contributed by atoms with van der Waals surface area (Å²) in [5, 5.41) is 0. The van der Waals surface area contributed by atoms with Crippen molar-refractivity contribution in [2.45, 2.75) is 6.92 Å². The number of halogens is 2. The van der Waals surface area contributed by atoms with Gasteiger partial charge < -0.3 is 10.7 Å². The van der Waals surface area contributed by atoms with Crippen LogP contribution in [0.1, 0.15) is 5.56 Å². The Kier molecular flexibility index (Phi) is 2.45. The molecule has 96 valence electrons.